The lowest BCUT2D eigenvalue weighted by atomic mass is 9.39. The Bertz CT molecular complexity index is 185. The van der Waals surface area contributed by atoms with Crippen LogP contribution in [0.1, 0.15) is 25.7 Å². The SMILES string of the molecule is Cl.NC12CC(CC(=O)O)(C1)C2. The maximum Gasteiger partial charge on any atom is 0.303 e. The third kappa shape index (κ3) is 1.12. The molecule has 0 saturated heterocycles. The molecule has 0 spiro atoms. The van der Waals surface area contributed by atoms with Gasteiger partial charge in [0.05, 0.1) is 6.42 Å². The summed E-state index contributed by atoms with van der Waals surface area (Å²) >= 11 is 0. The normalized spacial score (nSPS) is 44.8. The zero-order valence-electron chi connectivity index (χ0n) is 6.17. The fourth-order valence-electron chi connectivity index (χ4n) is 2.59. The van der Waals surface area contributed by atoms with E-state index in [0.717, 1.165) is 19.3 Å². The first-order valence-electron chi connectivity index (χ1n) is 3.54. The molecule has 64 valence electrons. The standard InChI is InChI=1S/C7H11NO2.ClH/c8-7-2-6(3-7,4-7)1-5(9)10;/h1-4,8H2,(H,9,10);1H. The molecule has 0 atom stereocenters. The molecule has 3 fully saturated rings. The molecule has 0 unspecified atom stereocenters. The minimum absolute atomic E-state index is 0. The Morgan fingerprint density at radius 3 is 2.18 bits per heavy atom. The van der Waals surface area contributed by atoms with Crippen molar-refractivity contribution in [3.8, 4) is 0 Å². The van der Waals surface area contributed by atoms with Crippen LogP contribution in [0.5, 0.6) is 0 Å². The summed E-state index contributed by atoms with van der Waals surface area (Å²) in [5.74, 6) is -0.679. The largest absolute Gasteiger partial charge is 0.481 e. The molecule has 2 bridgehead atoms. The zero-order valence-corrected chi connectivity index (χ0v) is 6.99. The van der Waals surface area contributed by atoms with Crippen molar-refractivity contribution in [3.63, 3.8) is 0 Å². The zero-order chi connectivity index (χ0) is 7.41. The van der Waals surface area contributed by atoms with Gasteiger partial charge in [-0.15, -0.1) is 12.4 Å². The van der Waals surface area contributed by atoms with Gasteiger partial charge in [-0.25, -0.2) is 0 Å². The van der Waals surface area contributed by atoms with Gasteiger partial charge in [0.25, 0.3) is 0 Å². The van der Waals surface area contributed by atoms with Crippen LogP contribution < -0.4 is 5.73 Å². The van der Waals surface area contributed by atoms with E-state index in [1.165, 1.54) is 0 Å². The summed E-state index contributed by atoms with van der Waals surface area (Å²) in [6.07, 6.45) is 3.14. The van der Waals surface area contributed by atoms with Gasteiger partial charge in [-0.1, -0.05) is 0 Å². The van der Waals surface area contributed by atoms with Crippen LogP contribution in [-0.2, 0) is 4.79 Å². The molecule has 0 aromatic rings. The molecule has 0 amide bonds. The van der Waals surface area contributed by atoms with Crippen molar-refractivity contribution in [3.05, 3.63) is 0 Å². The Morgan fingerprint density at radius 2 is 1.91 bits per heavy atom. The molecule has 4 heteroatoms. The number of hydrogen-bond donors (Lipinski definition) is 2. The second-order valence-corrected chi connectivity index (χ2v) is 3.96. The molecule has 0 aromatic heterocycles. The van der Waals surface area contributed by atoms with Gasteiger partial charge in [0.1, 0.15) is 0 Å². The van der Waals surface area contributed by atoms with Crippen LogP contribution in [0, 0.1) is 5.41 Å². The van der Waals surface area contributed by atoms with Gasteiger partial charge in [0.2, 0.25) is 0 Å². The number of nitrogens with two attached hydrogens (primary N) is 1. The molecule has 3 aliphatic carbocycles. The smallest absolute Gasteiger partial charge is 0.303 e. The second-order valence-electron chi connectivity index (χ2n) is 3.96. The number of aliphatic carboxylic acids is 1. The maximum absolute atomic E-state index is 10.3. The van der Waals surface area contributed by atoms with E-state index in [1.54, 1.807) is 0 Å². The number of carbonyl (C=O) groups is 1. The highest BCUT2D eigenvalue weighted by Gasteiger charge is 2.66. The monoisotopic (exact) mass is 177 g/mol. The van der Waals surface area contributed by atoms with Crippen LogP contribution in [0.3, 0.4) is 0 Å². The van der Waals surface area contributed by atoms with Crippen LogP contribution in [0.2, 0.25) is 0 Å². The third-order valence-corrected chi connectivity index (χ3v) is 2.71. The number of carboxylic acids is 1. The second kappa shape index (κ2) is 2.11. The lowest BCUT2D eigenvalue weighted by Crippen LogP contribution is -2.72. The molecule has 0 heterocycles. The average Bonchev–Trinajstić information content (AvgIpc) is 1.56. The summed E-state index contributed by atoms with van der Waals surface area (Å²) in [4.78, 5) is 10.3. The average molecular weight is 178 g/mol. The van der Waals surface area contributed by atoms with E-state index in [1.807, 2.05) is 0 Å². The van der Waals surface area contributed by atoms with Gasteiger partial charge in [-0.2, -0.15) is 0 Å². The predicted molar refractivity (Wildman–Crippen MR) is 42.7 cm³/mol. The third-order valence-electron chi connectivity index (χ3n) is 2.71. The Morgan fingerprint density at radius 1 is 1.45 bits per heavy atom. The van der Waals surface area contributed by atoms with E-state index in [9.17, 15) is 4.79 Å². The summed E-state index contributed by atoms with van der Waals surface area (Å²) < 4.78 is 0. The van der Waals surface area contributed by atoms with E-state index in [2.05, 4.69) is 0 Å². The quantitative estimate of drug-likeness (QED) is 0.655. The van der Waals surface area contributed by atoms with Crippen molar-refractivity contribution in [1.82, 2.24) is 0 Å². The molecule has 3 nitrogen and oxygen atoms in total. The van der Waals surface area contributed by atoms with Crippen LogP contribution in [-0.4, -0.2) is 16.6 Å². The first-order valence-corrected chi connectivity index (χ1v) is 3.54. The first-order chi connectivity index (χ1) is 4.54. The number of hydrogen-bond acceptors (Lipinski definition) is 2. The molecular formula is C7H12ClNO2. The Kier molecular flexibility index (Phi) is 1.69. The Hall–Kier alpha value is -0.280. The van der Waals surface area contributed by atoms with Crippen molar-refractivity contribution < 1.29 is 9.90 Å². The van der Waals surface area contributed by atoms with E-state index in [0.29, 0.717) is 6.42 Å². The highest BCUT2D eigenvalue weighted by atomic mass is 35.5. The topological polar surface area (TPSA) is 63.3 Å². The highest BCUT2D eigenvalue weighted by Crippen LogP contribution is 2.67. The summed E-state index contributed by atoms with van der Waals surface area (Å²) in [5.41, 5.74) is 5.93. The molecule has 3 N–H and O–H groups in total. The molecule has 3 saturated carbocycles. The van der Waals surface area contributed by atoms with Crippen LogP contribution >= 0.6 is 12.4 Å². The van der Waals surface area contributed by atoms with Gasteiger partial charge >= 0.3 is 5.97 Å². The van der Waals surface area contributed by atoms with Crippen molar-refractivity contribution in [1.29, 1.82) is 0 Å². The van der Waals surface area contributed by atoms with Crippen LogP contribution in [0.4, 0.5) is 0 Å². The van der Waals surface area contributed by atoms with Gasteiger partial charge in [0.15, 0.2) is 0 Å². The molecule has 3 aliphatic rings. The van der Waals surface area contributed by atoms with E-state index in [-0.39, 0.29) is 23.4 Å². The van der Waals surface area contributed by atoms with Crippen molar-refractivity contribution in [2.75, 3.05) is 0 Å². The van der Waals surface area contributed by atoms with Crippen molar-refractivity contribution in [2.24, 2.45) is 11.1 Å². The highest BCUT2D eigenvalue weighted by molar-refractivity contribution is 5.85. The Balaban J connectivity index is 0.000000605. The minimum atomic E-state index is -0.679. The molecule has 0 aliphatic heterocycles. The lowest BCUT2D eigenvalue weighted by Gasteiger charge is -2.68. The summed E-state index contributed by atoms with van der Waals surface area (Å²) in [6, 6.07) is 0. The van der Waals surface area contributed by atoms with Crippen molar-refractivity contribution in [2.45, 2.75) is 31.2 Å². The van der Waals surface area contributed by atoms with Gasteiger partial charge < -0.3 is 10.8 Å². The molecule has 0 aromatic carbocycles. The first kappa shape index (κ1) is 8.81. The number of carboxylic acid groups (broad SMARTS) is 1. The van der Waals surface area contributed by atoms with E-state index in [4.69, 9.17) is 10.8 Å². The molecule has 11 heavy (non-hydrogen) atoms. The molecule has 3 rings (SSSR count). The van der Waals surface area contributed by atoms with Gasteiger partial charge in [0, 0.05) is 5.54 Å². The predicted octanol–water partition coefficient (Wildman–Crippen LogP) is 0.764. The van der Waals surface area contributed by atoms with E-state index < -0.39 is 5.97 Å². The fourth-order valence-corrected chi connectivity index (χ4v) is 2.59. The van der Waals surface area contributed by atoms with E-state index >= 15 is 0 Å². The van der Waals surface area contributed by atoms with Crippen molar-refractivity contribution >= 4 is 18.4 Å². The molecule has 0 radical (unpaired) electrons. The van der Waals surface area contributed by atoms with Crippen LogP contribution in [0.15, 0.2) is 0 Å². The number of halogens is 1. The van der Waals surface area contributed by atoms with Crippen LogP contribution in [0.25, 0.3) is 0 Å². The minimum Gasteiger partial charge on any atom is -0.481 e. The summed E-state index contributed by atoms with van der Waals surface area (Å²) in [7, 11) is 0. The summed E-state index contributed by atoms with van der Waals surface area (Å²) in [5, 5.41) is 8.48. The Labute approximate surface area is 71.4 Å². The summed E-state index contributed by atoms with van der Waals surface area (Å²) in [6.45, 7) is 0. The van der Waals surface area contributed by atoms with Gasteiger partial charge in [-0.3, -0.25) is 4.79 Å². The fraction of sp³-hybridized carbons (Fsp3) is 0.857. The number of rotatable bonds is 2. The lowest BCUT2D eigenvalue weighted by molar-refractivity contribution is -0.165. The molecular weight excluding hydrogens is 166 g/mol. The maximum atomic E-state index is 10.3. The van der Waals surface area contributed by atoms with Gasteiger partial charge in [-0.05, 0) is 24.7 Å².